The molecule has 0 fully saturated rings. The van der Waals surface area contributed by atoms with Gasteiger partial charge in [-0.25, -0.2) is 0 Å². The Morgan fingerprint density at radius 3 is 0.697 bits per heavy atom. The van der Waals surface area contributed by atoms with Crippen molar-refractivity contribution in [2.45, 2.75) is 182 Å². The van der Waals surface area contributed by atoms with Gasteiger partial charge in [-0.05, 0) is 0 Å². The van der Waals surface area contributed by atoms with Gasteiger partial charge in [-0.2, -0.15) is 0 Å². The average molecular weight is 485 g/mol. The van der Waals surface area contributed by atoms with Gasteiger partial charge in [0, 0.05) is 0 Å². The number of hydrogen-bond donors (Lipinski definition) is 0. The van der Waals surface area contributed by atoms with Crippen molar-refractivity contribution in [3.63, 3.8) is 0 Å². The molecule has 0 aliphatic rings. The summed E-state index contributed by atoms with van der Waals surface area (Å²) >= 11 is 0. The topological polar surface area (TPSA) is 0 Å². The quantitative estimate of drug-likeness (QED) is 0.0764. The van der Waals surface area contributed by atoms with Gasteiger partial charge in [0.25, 0.3) is 0 Å². The van der Waals surface area contributed by atoms with Gasteiger partial charge in [0.15, 0.2) is 0 Å². The van der Waals surface area contributed by atoms with Gasteiger partial charge < -0.3 is 0 Å². The number of unbranched alkanes of at least 4 members (excludes halogenated alkanes) is 20. The molecule has 202 valence electrons. The summed E-state index contributed by atoms with van der Waals surface area (Å²) in [7, 11) is -1.01. The van der Waals surface area contributed by atoms with Crippen LogP contribution < -0.4 is 0 Å². The molecule has 0 radical (unpaired) electrons. The fourth-order valence-electron chi connectivity index (χ4n) is 5.87. The molecule has 0 atom stereocenters. The normalized spacial score (nSPS) is 12.5. The van der Waals surface area contributed by atoms with Crippen LogP contribution in [0.15, 0.2) is 0 Å². The van der Waals surface area contributed by atoms with Gasteiger partial charge in [0.05, 0.1) is 0 Å². The zero-order valence-corrected chi connectivity index (χ0v) is 25.3. The molecular weight excluding hydrogens is 415 g/mol. The van der Waals surface area contributed by atoms with E-state index in [1.165, 1.54) is 128 Å². The third kappa shape index (κ3) is 22.6. The van der Waals surface area contributed by atoms with Crippen LogP contribution in [0.2, 0.25) is 0 Å². The zero-order valence-electron chi connectivity index (χ0n) is 24.3. The predicted molar refractivity (Wildman–Crippen MR) is 161 cm³/mol. The van der Waals surface area contributed by atoms with Gasteiger partial charge in [0.2, 0.25) is 0 Å². The van der Waals surface area contributed by atoms with Crippen molar-refractivity contribution in [2.75, 3.05) is 24.6 Å². The van der Waals surface area contributed by atoms with Gasteiger partial charge in [0.1, 0.15) is 0 Å². The van der Waals surface area contributed by atoms with E-state index in [0.717, 1.165) is 0 Å². The Morgan fingerprint density at radius 2 is 0.424 bits per heavy atom. The Kier molecular flexibility index (Phi) is 27.4. The van der Waals surface area contributed by atoms with Crippen molar-refractivity contribution < 1.29 is 0 Å². The van der Waals surface area contributed by atoms with Crippen LogP contribution in [-0.4, -0.2) is 24.6 Å². The maximum atomic E-state index is 2.38. The second-order valence-corrected chi connectivity index (χ2v) is 16.6. The molecule has 33 heavy (non-hydrogen) atoms. The van der Waals surface area contributed by atoms with E-state index >= 15 is 0 Å². The molecule has 0 rings (SSSR count). The second kappa shape index (κ2) is 27.0. The fourth-order valence-corrected chi connectivity index (χ4v) is 11.4. The molecule has 0 nitrogen and oxygen atoms in total. The first kappa shape index (κ1) is 33.4. The van der Waals surface area contributed by atoms with Crippen LogP contribution >= 0.6 is 7.26 Å². The Hall–Kier alpha value is 0.430. The van der Waals surface area contributed by atoms with Crippen molar-refractivity contribution in [2.24, 2.45) is 0 Å². The van der Waals surface area contributed by atoms with Gasteiger partial charge in [-0.1, -0.05) is 32.6 Å². The maximum absolute atomic E-state index is 2.38. The predicted octanol–water partition coefficient (Wildman–Crippen LogP) is 12.2. The molecule has 0 amide bonds. The molecule has 0 saturated heterocycles. The van der Waals surface area contributed by atoms with Crippen LogP contribution in [0.4, 0.5) is 0 Å². The summed E-state index contributed by atoms with van der Waals surface area (Å²) in [5.41, 5.74) is 0. The standard InChI is InChI=1S/C32H69P/c1-5-9-13-14-15-16-17-18-19-20-21-22-23-24-28-32-33(29-25-10-6-2,30-26-11-7-3)31-27-12-8-4/h33H,5-32H2,1-4H3. The van der Waals surface area contributed by atoms with Crippen LogP contribution in [0, 0.1) is 0 Å². The first-order valence-corrected chi connectivity index (χ1v) is 19.1. The van der Waals surface area contributed by atoms with Crippen LogP contribution in [0.1, 0.15) is 182 Å². The minimum absolute atomic E-state index is 1.01. The van der Waals surface area contributed by atoms with Crippen molar-refractivity contribution in [3.05, 3.63) is 0 Å². The van der Waals surface area contributed by atoms with Crippen LogP contribution in [0.3, 0.4) is 0 Å². The van der Waals surface area contributed by atoms with E-state index in [-0.39, 0.29) is 0 Å². The van der Waals surface area contributed by atoms with Crippen molar-refractivity contribution in [3.8, 4) is 0 Å². The number of hydrogen-bond acceptors (Lipinski definition) is 0. The van der Waals surface area contributed by atoms with Crippen LogP contribution in [-0.2, 0) is 0 Å². The molecular formula is C32H69P. The summed E-state index contributed by atoms with van der Waals surface area (Å²) in [4.78, 5) is 0. The average Bonchev–Trinajstić information content (AvgIpc) is 2.82. The molecule has 0 bridgehead atoms. The minimum atomic E-state index is -1.01. The molecule has 0 aromatic heterocycles. The van der Waals surface area contributed by atoms with E-state index in [4.69, 9.17) is 0 Å². The summed E-state index contributed by atoms with van der Waals surface area (Å²) in [6.45, 7) is 9.46. The summed E-state index contributed by atoms with van der Waals surface area (Å²) < 4.78 is 0. The van der Waals surface area contributed by atoms with Crippen LogP contribution in [0.25, 0.3) is 0 Å². The first-order valence-electron chi connectivity index (χ1n) is 16.2. The molecule has 0 spiro atoms. The van der Waals surface area contributed by atoms with E-state index in [9.17, 15) is 0 Å². The van der Waals surface area contributed by atoms with Gasteiger partial charge in [-0.3, -0.25) is 0 Å². The third-order valence-electron chi connectivity index (χ3n) is 8.24. The Bertz CT molecular complexity index is 324. The van der Waals surface area contributed by atoms with E-state index in [1.807, 2.05) is 0 Å². The third-order valence-corrected chi connectivity index (χ3v) is 13.9. The number of rotatable bonds is 28. The van der Waals surface area contributed by atoms with Crippen molar-refractivity contribution in [1.29, 1.82) is 0 Å². The molecule has 0 N–H and O–H groups in total. The van der Waals surface area contributed by atoms with Gasteiger partial charge >= 0.3 is 181 Å². The molecule has 0 aromatic carbocycles. The Labute approximate surface area is 213 Å². The summed E-state index contributed by atoms with van der Waals surface area (Å²) in [5.74, 6) is 0. The molecule has 0 aromatic rings. The van der Waals surface area contributed by atoms with E-state index < -0.39 is 7.26 Å². The van der Waals surface area contributed by atoms with Crippen LogP contribution in [0.5, 0.6) is 0 Å². The van der Waals surface area contributed by atoms with E-state index in [1.54, 1.807) is 50.3 Å². The molecule has 0 aliphatic heterocycles. The fraction of sp³-hybridized carbons (Fsp3) is 1.00. The molecule has 0 saturated carbocycles. The summed E-state index contributed by atoms with van der Waals surface area (Å²) in [5, 5.41) is 0. The first-order chi connectivity index (χ1) is 16.2. The second-order valence-electron chi connectivity index (χ2n) is 11.6. The monoisotopic (exact) mass is 485 g/mol. The SMILES string of the molecule is CCCCCCCCCCCCCCCCC[PH](CCCCC)(CCCCC)CCCCC. The molecule has 1 heteroatoms. The molecule has 0 unspecified atom stereocenters. The summed E-state index contributed by atoms with van der Waals surface area (Å²) in [6.07, 6.45) is 42.3. The molecule has 0 heterocycles. The van der Waals surface area contributed by atoms with E-state index in [0.29, 0.717) is 0 Å². The molecule has 0 aliphatic carbocycles. The zero-order chi connectivity index (χ0) is 24.3. The van der Waals surface area contributed by atoms with E-state index in [2.05, 4.69) is 27.7 Å². The van der Waals surface area contributed by atoms with Gasteiger partial charge in [-0.15, -0.1) is 0 Å². The Morgan fingerprint density at radius 1 is 0.242 bits per heavy atom. The Balaban J connectivity index is 3.98. The van der Waals surface area contributed by atoms with Crippen molar-refractivity contribution in [1.82, 2.24) is 0 Å². The van der Waals surface area contributed by atoms with Crippen molar-refractivity contribution >= 4 is 7.26 Å². The summed E-state index contributed by atoms with van der Waals surface area (Å²) in [6, 6.07) is 0.